The van der Waals surface area contributed by atoms with Gasteiger partial charge in [0.25, 0.3) is 0 Å². The third-order valence-electron chi connectivity index (χ3n) is 1.98. The summed E-state index contributed by atoms with van der Waals surface area (Å²) in [7, 11) is 0. The summed E-state index contributed by atoms with van der Waals surface area (Å²) in [4.78, 5) is 10.8. The fourth-order valence-corrected chi connectivity index (χ4v) is 1.29. The monoisotopic (exact) mass is 188 g/mol. The maximum atomic E-state index is 10.8. The number of aryl methyl sites for hydroxylation is 1. The van der Waals surface area contributed by atoms with Crippen LogP contribution in [-0.4, -0.2) is 5.91 Å². The highest BCUT2D eigenvalue weighted by atomic mass is 16.1. The Balaban J connectivity index is 2.96. The van der Waals surface area contributed by atoms with Gasteiger partial charge >= 0.3 is 0 Å². The first-order valence-electron chi connectivity index (χ1n) is 4.37. The van der Waals surface area contributed by atoms with Crippen molar-refractivity contribution in [2.45, 2.75) is 19.9 Å². The van der Waals surface area contributed by atoms with Crippen LogP contribution in [0.5, 0.6) is 0 Å². The van der Waals surface area contributed by atoms with Crippen LogP contribution in [0.1, 0.15) is 24.1 Å². The van der Waals surface area contributed by atoms with Crippen LogP contribution in [0.3, 0.4) is 0 Å². The van der Waals surface area contributed by atoms with Gasteiger partial charge in [0.2, 0.25) is 5.91 Å². The average molecular weight is 188 g/mol. The predicted octanol–water partition coefficient (Wildman–Crippen LogP) is 1.70. The van der Waals surface area contributed by atoms with E-state index in [4.69, 9.17) is 5.26 Å². The molecule has 1 N–H and O–H groups in total. The summed E-state index contributed by atoms with van der Waals surface area (Å²) < 4.78 is 0. The van der Waals surface area contributed by atoms with Crippen molar-refractivity contribution in [3.8, 4) is 6.07 Å². The molecule has 0 aliphatic carbocycles. The molecule has 3 heteroatoms. The Kier molecular flexibility index (Phi) is 3.24. The first kappa shape index (κ1) is 10.3. The topological polar surface area (TPSA) is 52.9 Å². The Morgan fingerprint density at radius 3 is 2.64 bits per heavy atom. The molecule has 0 saturated carbocycles. The van der Waals surface area contributed by atoms with Crippen LogP contribution in [0, 0.1) is 18.3 Å². The van der Waals surface area contributed by atoms with Crippen molar-refractivity contribution in [3.05, 3.63) is 35.4 Å². The first-order chi connectivity index (χ1) is 6.65. The van der Waals surface area contributed by atoms with Crippen LogP contribution >= 0.6 is 0 Å². The molecule has 0 radical (unpaired) electrons. The number of nitrogens with zero attached hydrogens (tertiary/aromatic N) is 1. The molecule has 0 aliphatic rings. The summed E-state index contributed by atoms with van der Waals surface area (Å²) in [5.41, 5.74) is 1.86. The Bertz CT molecular complexity index is 379. The highest BCUT2D eigenvalue weighted by molar-refractivity contribution is 5.74. The molecule has 0 aliphatic heterocycles. The van der Waals surface area contributed by atoms with Crippen LogP contribution in [0.15, 0.2) is 24.3 Å². The molecule has 1 aromatic carbocycles. The van der Waals surface area contributed by atoms with Crippen LogP contribution in [-0.2, 0) is 4.79 Å². The number of carbonyl (C=O) groups is 1. The molecule has 0 aromatic heterocycles. The Hall–Kier alpha value is -1.82. The Labute approximate surface area is 83.4 Å². The maximum Gasteiger partial charge on any atom is 0.218 e. The van der Waals surface area contributed by atoms with E-state index in [1.165, 1.54) is 6.92 Å². The van der Waals surface area contributed by atoms with E-state index in [-0.39, 0.29) is 5.91 Å². The van der Waals surface area contributed by atoms with E-state index in [2.05, 4.69) is 11.4 Å². The van der Waals surface area contributed by atoms with E-state index in [9.17, 15) is 4.79 Å². The largest absolute Gasteiger partial charge is 0.337 e. The summed E-state index contributed by atoms with van der Waals surface area (Å²) in [6.45, 7) is 3.32. The molecule has 1 rings (SSSR count). The zero-order valence-corrected chi connectivity index (χ0v) is 8.24. The lowest BCUT2D eigenvalue weighted by atomic mass is 10.0. The molecule has 0 saturated heterocycles. The van der Waals surface area contributed by atoms with Crippen molar-refractivity contribution in [1.29, 1.82) is 5.26 Å². The van der Waals surface area contributed by atoms with E-state index in [0.717, 1.165) is 11.1 Å². The number of nitrogens with one attached hydrogen (secondary N) is 1. The summed E-state index contributed by atoms with van der Waals surface area (Å²) in [5, 5.41) is 11.5. The molecule has 3 nitrogen and oxygen atoms in total. The van der Waals surface area contributed by atoms with E-state index in [1.54, 1.807) is 0 Å². The molecule has 1 amide bonds. The van der Waals surface area contributed by atoms with E-state index >= 15 is 0 Å². The molecular weight excluding hydrogens is 176 g/mol. The summed E-state index contributed by atoms with van der Waals surface area (Å²) in [5.74, 6) is -0.195. The average Bonchev–Trinajstić information content (AvgIpc) is 2.15. The maximum absolute atomic E-state index is 10.8. The second-order valence-electron chi connectivity index (χ2n) is 3.12. The van der Waals surface area contributed by atoms with Crippen LogP contribution < -0.4 is 5.32 Å². The van der Waals surface area contributed by atoms with Gasteiger partial charge in [-0.05, 0) is 18.1 Å². The van der Waals surface area contributed by atoms with Crippen molar-refractivity contribution in [1.82, 2.24) is 5.32 Å². The molecule has 1 atom stereocenters. The predicted molar refractivity (Wildman–Crippen MR) is 53.3 cm³/mol. The fraction of sp³-hybridized carbons (Fsp3) is 0.273. The van der Waals surface area contributed by atoms with Gasteiger partial charge in [-0.3, -0.25) is 4.79 Å². The first-order valence-corrected chi connectivity index (χ1v) is 4.37. The summed E-state index contributed by atoms with van der Waals surface area (Å²) in [6, 6.07) is 9.04. The fourth-order valence-electron chi connectivity index (χ4n) is 1.29. The van der Waals surface area contributed by atoms with Crippen LogP contribution in [0.4, 0.5) is 0 Å². The Morgan fingerprint density at radius 1 is 1.50 bits per heavy atom. The summed E-state index contributed by atoms with van der Waals surface area (Å²) in [6.07, 6.45) is 0. The molecule has 0 spiro atoms. The molecule has 14 heavy (non-hydrogen) atoms. The van der Waals surface area contributed by atoms with Crippen molar-refractivity contribution < 1.29 is 4.79 Å². The van der Waals surface area contributed by atoms with E-state index in [0.29, 0.717) is 0 Å². The van der Waals surface area contributed by atoms with Gasteiger partial charge in [-0.25, -0.2) is 0 Å². The van der Waals surface area contributed by atoms with Gasteiger partial charge in [-0.15, -0.1) is 0 Å². The standard InChI is InChI=1S/C11H12N2O/c1-8-5-3-4-6-10(8)11(7-12)13-9(2)14/h3-6,11H,1-2H3,(H,13,14). The smallest absolute Gasteiger partial charge is 0.218 e. The molecular formula is C11H12N2O. The number of rotatable bonds is 2. The third-order valence-corrected chi connectivity index (χ3v) is 1.98. The molecule has 0 bridgehead atoms. The zero-order chi connectivity index (χ0) is 10.6. The van der Waals surface area contributed by atoms with Gasteiger partial charge in [0.15, 0.2) is 0 Å². The highest BCUT2D eigenvalue weighted by Crippen LogP contribution is 2.16. The minimum atomic E-state index is -0.548. The van der Waals surface area contributed by atoms with Crippen molar-refractivity contribution >= 4 is 5.91 Å². The number of benzene rings is 1. The number of amides is 1. The minimum Gasteiger partial charge on any atom is -0.337 e. The number of hydrogen-bond donors (Lipinski definition) is 1. The Morgan fingerprint density at radius 2 is 2.14 bits per heavy atom. The lowest BCUT2D eigenvalue weighted by Gasteiger charge is -2.12. The number of hydrogen-bond acceptors (Lipinski definition) is 2. The van der Waals surface area contributed by atoms with Gasteiger partial charge in [0, 0.05) is 6.92 Å². The number of nitriles is 1. The SMILES string of the molecule is CC(=O)NC(C#N)c1ccccc1C. The normalized spacial score (nSPS) is 11.5. The van der Waals surface area contributed by atoms with Gasteiger partial charge < -0.3 is 5.32 Å². The van der Waals surface area contributed by atoms with Gasteiger partial charge in [-0.1, -0.05) is 24.3 Å². The van der Waals surface area contributed by atoms with Crippen molar-refractivity contribution in [2.24, 2.45) is 0 Å². The minimum absolute atomic E-state index is 0.195. The molecule has 72 valence electrons. The number of carbonyl (C=O) groups excluding carboxylic acids is 1. The van der Waals surface area contributed by atoms with E-state index in [1.807, 2.05) is 31.2 Å². The second kappa shape index (κ2) is 4.43. The van der Waals surface area contributed by atoms with Gasteiger partial charge in [0.1, 0.15) is 6.04 Å². The van der Waals surface area contributed by atoms with Crippen molar-refractivity contribution in [3.63, 3.8) is 0 Å². The quantitative estimate of drug-likeness (QED) is 0.767. The molecule has 1 aromatic rings. The van der Waals surface area contributed by atoms with Crippen LogP contribution in [0.2, 0.25) is 0 Å². The molecule has 1 unspecified atom stereocenters. The lowest BCUT2D eigenvalue weighted by Crippen LogP contribution is -2.25. The van der Waals surface area contributed by atoms with Crippen molar-refractivity contribution in [2.75, 3.05) is 0 Å². The van der Waals surface area contributed by atoms with Crippen LogP contribution in [0.25, 0.3) is 0 Å². The molecule has 0 heterocycles. The van der Waals surface area contributed by atoms with Gasteiger partial charge in [-0.2, -0.15) is 5.26 Å². The third kappa shape index (κ3) is 2.33. The molecule has 0 fully saturated rings. The zero-order valence-electron chi connectivity index (χ0n) is 8.24. The second-order valence-corrected chi connectivity index (χ2v) is 3.12. The van der Waals surface area contributed by atoms with Gasteiger partial charge in [0.05, 0.1) is 6.07 Å². The lowest BCUT2D eigenvalue weighted by molar-refractivity contribution is -0.119. The summed E-state index contributed by atoms with van der Waals surface area (Å²) >= 11 is 0. The highest BCUT2D eigenvalue weighted by Gasteiger charge is 2.12. The van der Waals surface area contributed by atoms with E-state index < -0.39 is 6.04 Å².